The highest BCUT2D eigenvalue weighted by molar-refractivity contribution is 6.31. The van der Waals surface area contributed by atoms with Crippen molar-refractivity contribution in [3.05, 3.63) is 58.6 Å². The number of rotatable bonds is 7. The number of benzene rings is 2. The lowest BCUT2D eigenvalue weighted by molar-refractivity contribution is -0.164. The van der Waals surface area contributed by atoms with Crippen molar-refractivity contribution < 1.29 is 9.53 Å². The molecule has 1 amide bonds. The molecule has 0 aromatic heterocycles. The first-order chi connectivity index (χ1) is 18.1. The minimum absolute atomic E-state index is 0.0681. The fourth-order valence-electron chi connectivity index (χ4n) is 6.67. The minimum Gasteiger partial charge on any atom is -0.489 e. The van der Waals surface area contributed by atoms with Crippen molar-refractivity contribution >= 4 is 23.2 Å². The summed E-state index contributed by atoms with van der Waals surface area (Å²) in [7, 11) is 0. The van der Waals surface area contributed by atoms with Crippen LogP contribution >= 0.6 is 11.6 Å². The fourth-order valence-corrected chi connectivity index (χ4v) is 6.88. The van der Waals surface area contributed by atoms with Crippen LogP contribution < -0.4 is 20.3 Å². The largest absolute Gasteiger partial charge is 0.489 e. The summed E-state index contributed by atoms with van der Waals surface area (Å²) in [5, 5.41) is 16.1. The number of anilines is 1. The Morgan fingerprint density at radius 1 is 1.08 bits per heavy atom. The molecule has 3 fully saturated rings. The van der Waals surface area contributed by atoms with Gasteiger partial charge in [0.05, 0.1) is 10.6 Å². The van der Waals surface area contributed by atoms with Crippen LogP contribution in [0.1, 0.15) is 43.6 Å². The van der Waals surface area contributed by atoms with Gasteiger partial charge in [-0.15, -0.1) is 0 Å². The highest BCUT2D eigenvalue weighted by Crippen LogP contribution is 2.55. The van der Waals surface area contributed by atoms with Gasteiger partial charge in [-0.1, -0.05) is 39.3 Å². The molecular formula is C30H38ClN5O2. The van der Waals surface area contributed by atoms with Crippen LogP contribution in [0.2, 0.25) is 5.02 Å². The van der Waals surface area contributed by atoms with Crippen LogP contribution in [0.4, 0.5) is 5.69 Å². The number of carbonyl (C=O) groups excluding carboxylic acids is 1. The quantitative estimate of drug-likeness (QED) is 0.554. The van der Waals surface area contributed by atoms with E-state index in [2.05, 4.69) is 66.3 Å². The van der Waals surface area contributed by atoms with Crippen molar-refractivity contribution in [1.82, 2.24) is 15.5 Å². The molecule has 2 heterocycles. The lowest BCUT2D eigenvalue weighted by atomic mass is 9.49. The predicted octanol–water partition coefficient (Wildman–Crippen LogP) is 4.17. The molecule has 2 aliphatic heterocycles. The van der Waals surface area contributed by atoms with E-state index in [4.69, 9.17) is 21.6 Å². The van der Waals surface area contributed by atoms with Crippen LogP contribution in [0.5, 0.6) is 5.75 Å². The summed E-state index contributed by atoms with van der Waals surface area (Å²) in [6.07, 6.45) is -0.133. The summed E-state index contributed by atoms with van der Waals surface area (Å²) in [6, 6.07) is 15.1. The van der Waals surface area contributed by atoms with Gasteiger partial charge in [0.25, 0.3) is 5.91 Å². The third kappa shape index (κ3) is 5.10. The lowest BCUT2D eigenvalue weighted by Gasteiger charge is -2.63. The second-order valence-corrected chi connectivity index (χ2v) is 12.6. The number of hydrogen-bond acceptors (Lipinski definition) is 6. The molecule has 38 heavy (non-hydrogen) atoms. The molecule has 2 aromatic rings. The summed E-state index contributed by atoms with van der Waals surface area (Å²) in [5.41, 5.74) is 1.67. The Hall–Kier alpha value is -2.79. The normalized spacial score (nSPS) is 24.6. The van der Waals surface area contributed by atoms with Crippen molar-refractivity contribution in [3.8, 4) is 11.8 Å². The zero-order valence-electron chi connectivity index (χ0n) is 22.8. The molecule has 0 spiro atoms. The highest BCUT2D eigenvalue weighted by Gasteiger charge is 2.64. The van der Waals surface area contributed by atoms with Crippen LogP contribution in [0, 0.1) is 28.1 Å². The molecule has 7 nitrogen and oxygen atoms in total. The van der Waals surface area contributed by atoms with Gasteiger partial charge in [0, 0.05) is 80.0 Å². The highest BCUT2D eigenvalue weighted by atomic mass is 35.5. The van der Waals surface area contributed by atoms with Gasteiger partial charge in [0.1, 0.15) is 17.9 Å². The topological polar surface area (TPSA) is 80.6 Å². The van der Waals surface area contributed by atoms with E-state index in [9.17, 15) is 4.79 Å². The molecule has 2 aromatic carbocycles. The van der Waals surface area contributed by atoms with Gasteiger partial charge < -0.3 is 20.3 Å². The summed E-state index contributed by atoms with van der Waals surface area (Å²) in [6.45, 7) is 16.2. The Labute approximate surface area is 231 Å². The Morgan fingerprint density at radius 3 is 2.29 bits per heavy atom. The van der Waals surface area contributed by atoms with Gasteiger partial charge in [-0.3, -0.25) is 9.69 Å². The summed E-state index contributed by atoms with van der Waals surface area (Å²) in [5.74, 6) is 1.36. The van der Waals surface area contributed by atoms with E-state index in [1.165, 1.54) is 12.2 Å². The van der Waals surface area contributed by atoms with Crippen molar-refractivity contribution in [2.45, 2.75) is 39.8 Å². The number of piperazine rings is 1. The number of carbonyl (C=O) groups is 1. The third-order valence-electron chi connectivity index (χ3n) is 8.68. The number of nitrogens with one attached hydrogen (secondary N) is 2. The van der Waals surface area contributed by atoms with E-state index in [-0.39, 0.29) is 28.9 Å². The maximum Gasteiger partial charge on any atom is 0.251 e. The molecule has 2 N–H and O–H groups in total. The molecule has 0 atom stereocenters. The molecule has 0 radical (unpaired) electrons. The molecule has 5 rings (SSSR count). The number of ether oxygens (including phenoxy) is 1. The van der Waals surface area contributed by atoms with Gasteiger partial charge in [-0.25, -0.2) is 0 Å². The van der Waals surface area contributed by atoms with Gasteiger partial charge >= 0.3 is 0 Å². The zero-order chi connectivity index (χ0) is 27.1. The second kappa shape index (κ2) is 10.4. The van der Waals surface area contributed by atoms with Crippen LogP contribution in [-0.2, 0) is 0 Å². The predicted molar refractivity (Wildman–Crippen MR) is 151 cm³/mol. The Balaban J connectivity index is 1.17. The second-order valence-electron chi connectivity index (χ2n) is 12.2. The fraction of sp³-hybridized carbons (Fsp3) is 0.533. The van der Waals surface area contributed by atoms with Crippen LogP contribution in [0.15, 0.2) is 42.5 Å². The van der Waals surface area contributed by atoms with Gasteiger partial charge in [-0.05, 0) is 42.3 Å². The van der Waals surface area contributed by atoms with E-state index in [1.54, 1.807) is 18.2 Å². The SMILES string of the molecule is CC1(C)C(NC(=O)c2ccc(N3CCN(CC4CNC4)CC3)cc2)C(C)(C)C1Oc1ccc(C#N)c(Cl)c1. The van der Waals surface area contributed by atoms with E-state index >= 15 is 0 Å². The van der Waals surface area contributed by atoms with Crippen LogP contribution in [0.3, 0.4) is 0 Å². The smallest absolute Gasteiger partial charge is 0.251 e. The summed E-state index contributed by atoms with van der Waals surface area (Å²) >= 11 is 6.21. The van der Waals surface area contributed by atoms with E-state index in [0.717, 1.165) is 45.2 Å². The van der Waals surface area contributed by atoms with Crippen LogP contribution in [0.25, 0.3) is 0 Å². The van der Waals surface area contributed by atoms with Crippen molar-refractivity contribution in [2.75, 3.05) is 50.7 Å². The number of hydrogen-bond donors (Lipinski definition) is 2. The molecule has 1 saturated carbocycles. The minimum atomic E-state index is -0.297. The lowest BCUT2D eigenvalue weighted by Crippen LogP contribution is -2.74. The van der Waals surface area contributed by atoms with Crippen molar-refractivity contribution in [2.24, 2.45) is 16.7 Å². The Kier molecular flexibility index (Phi) is 7.34. The molecular weight excluding hydrogens is 498 g/mol. The average Bonchev–Trinajstić information content (AvgIpc) is 2.88. The van der Waals surface area contributed by atoms with Crippen molar-refractivity contribution in [1.29, 1.82) is 5.26 Å². The first-order valence-corrected chi connectivity index (χ1v) is 13.9. The molecule has 1 aliphatic carbocycles. The maximum absolute atomic E-state index is 13.2. The van der Waals surface area contributed by atoms with E-state index < -0.39 is 0 Å². The van der Waals surface area contributed by atoms with E-state index in [1.807, 2.05) is 12.1 Å². The number of halogens is 1. The van der Waals surface area contributed by atoms with Crippen molar-refractivity contribution in [3.63, 3.8) is 0 Å². The Morgan fingerprint density at radius 2 is 1.74 bits per heavy atom. The molecule has 8 heteroatoms. The third-order valence-corrected chi connectivity index (χ3v) is 8.99. The summed E-state index contributed by atoms with van der Waals surface area (Å²) in [4.78, 5) is 18.2. The molecule has 0 unspecified atom stereocenters. The maximum atomic E-state index is 13.2. The molecule has 0 bridgehead atoms. The number of nitriles is 1. The first-order valence-electron chi connectivity index (χ1n) is 13.5. The standard InChI is InChI=1S/C30H38ClN5O2/c1-29(2)27(30(3,4)28(29)38-24-10-7-22(16-32)25(31)15-24)34-26(37)21-5-8-23(9-6-21)36-13-11-35(12-14-36)19-20-17-33-18-20/h5-10,15,20,27-28,33H,11-14,17-19H2,1-4H3,(H,34,37). The average molecular weight is 536 g/mol. The van der Waals surface area contributed by atoms with Crippen LogP contribution in [-0.4, -0.2) is 68.8 Å². The number of nitrogens with zero attached hydrogens (tertiary/aromatic N) is 3. The first kappa shape index (κ1) is 26.8. The Bertz CT molecular complexity index is 1190. The van der Waals surface area contributed by atoms with Gasteiger partial charge in [0.2, 0.25) is 0 Å². The number of amides is 1. The van der Waals surface area contributed by atoms with E-state index in [0.29, 0.717) is 21.9 Å². The monoisotopic (exact) mass is 535 g/mol. The van der Waals surface area contributed by atoms with Gasteiger partial charge in [0.15, 0.2) is 0 Å². The molecule has 202 valence electrons. The van der Waals surface area contributed by atoms with Gasteiger partial charge in [-0.2, -0.15) is 5.26 Å². The zero-order valence-corrected chi connectivity index (χ0v) is 23.5. The molecule has 2 saturated heterocycles. The molecule has 3 aliphatic rings. The summed E-state index contributed by atoms with van der Waals surface area (Å²) < 4.78 is 6.34.